The Labute approximate surface area is 118 Å². The number of hydrogen-bond acceptors (Lipinski definition) is 4. The zero-order valence-electron chi connectivity index (χ0n) is 9.89. The van der Waals surface area contributed by atoms with Crippen LogP contribution >= 0.6 is 27.7 Å². The topological polar surface area (TPSA) is 53.8 Å². The molecule has 0 bridgehead atoms. The number of likely N-dealkylation sites (N-methyl/N-ethyl adjacent to an activating group) is 1. The summed E-state index contributed by atoms with van der Waals surface area (Å²) in [5.41, 5.74) is 0. The van der Waals surface area contributed by atoms with E-state index in [1.54, 1.807) is 22.9 Å². The maximum absolute atomic E-state index is 11.9. The highest BCUT2D eigenvalue weighted by atomic mass is 79.9. The average molecular weight is 333 g/mol. The normalized spacial score (nSPS) is 15.2. The first-order valence-corrected chi connectivity index (χ1v) is 7.24. The Morgan fingerprint density at radius 2 is 2.39 bits per heavy atom. The number of carbonyl (C=O) groups is 2. The standard InChI is InChI=1S/C11H13BrN2O3S/c1-13(6-8-2-3-9(12)17-8)10(15)7-14-4-5-18-11(14)16/h2-3H,4-7H2,1H3. The molecule has 1 saturated heterocycles. The van der Waals surface area contributed by atoms with Crippen molar-refractivity contribution in [2.45, 2.75) is 6.54 Å². The molecule has 0 unspecified atom stereocenters. The Morgan fingerprint density at radius 3 is 2.94 bits per heavy atom. The molecule has 1 aliphatic rings. The predicted molar refractivity (Wildman–Crippen MR) is 72.3 cm³/mol. The van der Waals surface area contributed by atoms with Gasteiger partial charge < -0.3 is 14.2 Å². The smallest absolute Gasteiger partial charge is 0.282 e. The molecule has 1 aromatic rings. The van der Waals surface area contributed by atoms with Crippen molar-refractivity contribution in [1.29, 1.82) is 0 Å². The monoisotopic (exact) mass is 332 g/mol. The molecule has 0 aromatic carbocycles. The van der Waals surface area contributed by atoms with E-state index in [9.17, 15) is 9.59 Å². The van der Waals surface area contributed by atoms with Crippen LogP contribution < -0.4 is 0 Å². The quantitative estimate of drug-likeness (QED) is 0.847. The maximum atomic E-state index is 11.9. The molecule has 5 nitrogen and oxygen atoms in total. The van der Waals surface area contributed by atoms with Crippen LogP contribution in [0.4, 0.5) is 4.79 Å². The van der Waals surface area contributed by atoms with E-state index in [2.05, 4.69) is 15.9 Å². The highest BCUT2D eigenvalue weighted by Gasteiger charge is 2.24. The second kappa shape index (κ2) is 5.79. The summed E-state index contributed by atoms with van der Waals surface area (Å²) < 4.78 is 5.98. The van der Waals surface area contributed by atoms with Crippen LogP contribution in [-0.2, 0) is 11.3 Å². The van der Waals surface area contributed by atoms with Crippen LogP contribution in [0.2, 0.25) is 0 Å². The van der Waals surface area contributed by atoms with Crippen molar-refractivity contribution >= 4 is 38.8 Å². The van der Waals surface area contributed by atoms with Gasteiger partial charge in [0, 0.05) is 19.3 Å². The van der Waals surface area contributed by atoms with Crippen LogP contribution in [-0.4, -0.2) is 46.8 Å². The van der Waals surface area contributed by atoms with Crippen LogP contribution in [0.5, 0.6) is 0 Å². The van der Waals surface area contributed by atoms with Crippen molar-refractivity contribution in [1.82, 2.24) is 9.80 Å². The third-order valence-electron chi connectivity index (χ3n) is 2.62. The number of hydrogen-bond donors (Lipinski definition) is 0. The number of amides is 2. The first kappa shape index (κ1) is 13.5. The molecule has 18 heavy (non-hydrogen) atoms. The lowest BCUT2D eigenvalue weighted by Gasteiger charge is -2.20. The summed E-state index contributed by atoms with van der Waals surface area (Å²) >= 11 is 4.47. The van der Waals surface area contributed by atoms with Crippen LogP contribution in [0.3, 0.4) is 0 Å². The van der Waals surface area contributed by atoms with Gasteiger partial charge in [-0.2, -0.15) is 0 Å². The van der Waals surface area contributed by atoms with Crippen molar-refractivity contribution in [3.05, 3.63) is 22.6 Å². The molecule has 1 aromatic heterocycles. The van der Waals surface area contributed by atoms with Crippen LogP contribution in [0.25, 0.3) is 0 Å². The molecule has 2 heterocycles. The SMILES string of the molecule is CN(Cc1ccc(Br)o1)C(=O)CN1CCSC1=O. The van der Waals surface area contributed by atoms with E-state index in [1.165, 1.54) is 11.8 Å². The van der Waals surface area contributed by atoms with Crippen LogP contribution in [0.1, 0.15) is 5.76 Å². The molecule has 0 saturated carbocycles. The minimum atomic E-state index is -0.0848. The Bertz CT molecular complexity index is 463. The van der Waals surface area contributed by atoms with E-state index < -0.39 is 0 Å². The Hall–Kier alpha value is -0.950. The van der Waals surface area contributed by atoms with Gasteiger partial charge in [-0.3, -0.25) is 9.59 Å². The Morgan fingerprint density at radius 1 is 1.61 bits per heavy atom. The van der Waals surface area contributed by atoms with Gasteiger partial charge in [-0.25, -0.2) is 0 Å². The second-order valence-electron chi connectivity index (χ2n) is 3.99. The molecule has 0 radical (unpaired) electrons. The van der Waals surface area contributed by atoms with Gasteiger partial charge >= 0.3 is 0 Å². The maximum Gasteiger partial charge on any atom is 0.282 e. The molecule has 0 atom stereocenters. The molecule has 2 rings (SSSR count). The van der Waals surface area contributed by atoms with Gasteiger partial charge in [0.15, 0.2) is 4.67 Å². The summed E-state index contributed by atoms with van der Waals surface area (Å²) in [6, 6.07) is 3.60. The third kappa shape index (κ3) is 3.29. The average Bonchev–Trinajstić information content (AvgIpc) is 2.89. The number of halogens is 1. The van der Waals surface area contributed by atoms with Gasteiger partial charge in [-0.15, -0.1) is 0 Å². The fourth-order valence-corrected chi connectivity index (χ4v) is 2.78. The van der Waals surface area contributed by atoms with Gasteiger partial charge in [-0.05, 0) is 28.1 Å². The number of carbonyl (C=O) groups excluding carboxylic acids is 2. The van der Waals surface area contributed by atoms with Gasteiger partial charge in [0.1, 0.15) is 12.3 Å². The highest BCUT2D eigenvalue weighted by molar-refractivity contribution is 9.10. The zero-order valence-corrected chi connectivity index (χ0v) is 12.3. The molecular formula is C11H13BrN2O3S. The van der Waals surface area contributed by atoms with E-state index >= 15 is 0 Å². The number of nitrogens with zero attached hydrogens (tertiary/aromatic N) is 2. The molecule has 0 spiro atoms. The third-order valence-corrected chi connectivity index (χ3v) is 3.94. The minimum Gasteiger partial charge on any atom is -0.452 e. The highest BCUT2D eigenvalue weighted by Crippen LogP contribution is 2.18. The van der Waals surface area contributed by atoms with E-state index in [0.29, 0.717) is 23.5 Å². The van der Waals surface area contributed by atoms with E-state index in [-0.39, 0.29) is 17.7 Å². The fraction of sp³-hybridized carbons (Fsp3) is 0.455. The van der Waals surface area contributed by atoms with Gasteiger partial charge in [0.05, 0.1) is 6.54 Å². The van der Waals surface area contributed by atoms with Gasteiger partial charge in [0.2, 0.25) is 5.91 Å². The van der Waals surface area contributed by atoms with Crippen LogP contribution in [0.15, 0.2) is 21.2 Å². The van der Waals surface area contributed by atoms with Gasteiger partial charge in [-0.1, -0.05) is 11.8 Å². The summed E-state index contributed by atoms with van der Waals surface area (Å²) in [5, 5.41) is -0.0162. The molecule has 1 aliphatic heterocycles. The van der Waals surface area contributed by atoms with Crippen molar-refractivity contribution in [3.8, 4) is 0 Å². The summed E-state index contributed by atoms with van der Waals surface area (Å²) in [6.07, 6.45) is 0. The molecule has 0 N–H and O–H groups in total. The first-order chi connectivity index (χ1) is 8.56. The number of furan rings is 1. The molecule has 7 heteroatoms. The first-order valence-electron chi connectivity index (χ1n) is 5.46. The van der Waals surface area contributed by atoms with Crippen LogP contribution in [0, 0.1) is 0 Å². The largest absolute Gasteiger partial charge is 0.452 e. The van der Waals surface area contributed by atoms with E-state index in [0.717, 1.165) is 5.75 Å². The summed E-state index contributed by atoms with van der Waals surface area (Å²) in [7, 11) is 1.70. The number of rotatable bonds is 4. The summed E-state index contributed by atoms with van der Waals surface area (Å²) in [6.45, 7) is 1.19. The molecule has 1 fully saturated rings. The van der Waals surface area contributed by atoms with Crippen molar-refractivity contribution in [3.63, 3.8) is 0 Å². The molecule has 98 valence electrons. The molecular weight excluding hydrogens is 320 g/mol. The fourth-order valence-electron chi connectivity index (χ4n) is 1.61. The Kier molecular flexibility index (Phi) is 4.34. The number of thioether (sulfide) groups is 1. The zero-order chi connectivity index (χ0) is 13.1. The lowest BCUT2D eigenvalue weighted by atomic mass is 10.4. The van der Waals surface area contributed by atoms with Crippen molar-refractivity contribution in [2.75, 3.05) is 25.9 Å². The van der Waals surface area contributed by atoms with Crippen molar-refractivity contribution < 1.29 is 14.0 Å². The lowest BCUT2D eigenvalue weighted by Crippen LogP contribution is -2.38. The van der Waals surface area contributed by atoms with Crippen molar-refractivity contribution in [2.24, 2.45) is 0 Å². The predicted octanol–water partition coefficient (Wildman–Crippen LogP) is 2.17. The Balaban J connectivity index is 1.86. The lowest BCUT2D eigenvalue weighted by molar-refractivity contribution is -0.131. The minimum absolute atomic E-state index is 0.0162. The molecule has 0 aliphatic carbocycles. The van der Waals surface area contributed by atoms with E-state index in [4.69, 9.17) is 4.42 Å². The molecule has 2 amide bonds. The summed E-state index contributed by atoms with van der Waals surface area (Å²) in [4.78, 5) is 26.4. The summed E-state index contributed by atoms with van der Waals surface area (Å²) in [5.74, 6) is 1.39. The van der Waals surface area contributed by atoms with Gasteiger partial charge in [0.25, 0.3) is 5.24 Å². The second-order valence-corrected chi connectivity index (χ2v) is 5.82. The van der Waals surface area contributed by atoms with E-state index in [1.807, 2.05) is 6.07 Å².